The number of methoxy groups -OCH3 is 1. The standard InChI is InChI=1S/C27H32N2O6/c1-33-22-5-3-2-4-17(22)14-28-25(31)13-19-12-21-20-11-18(29-26(32)10-16-6-7-16)8-9-23(20)35-27(21)24(15-30)34-19/h2-5,8-9,11,16,19,21,24,27,30H,6-7,10,12-15H2,1H3,(H,28,31)(H,29,32)/t19-,21-,24+,27+/m0/s1. The number of hydrogen-bond acceptors (Lipinski definition) is 6. The normalized spacial score (nSPS) is 24.6. The Kier molecular flexibility index (Phi) is 6.92. The molecule has 186 valence electrons. The van der Waals surface area contributed by atoms with E-state index < -0.39 is 6.10 Å². The number of para-hydroxylation sites is 1. The fourth-order valence-corrected chi connectivity index (χ4v) is 5.08. The molecule has 35 heavy (non-hydrogen) atoms. The Morgan fingerprint density at radius 1 is 1.11 bits per heavy atom. The Morgan fingerprint density at radius 3 is 2.71 bits per heavy atom. The number of anilines is 1. The number of aliphatic hydroxyl groups excluding tert-OH is 1. The first-order valence-corrected chi connectivity index (χ1v) is 12.3. The van der Waals surface area contributed by atoms with Crippen LogP contribution in [0.4, 0.5) is 5.69 Å². The summed E-state index contributed by atoms with van der Waals surface area (Å²) < 4.78 is 17.5. The lowest BCUT2D eigenvalue weighted by Gasteiger charge is -2.37. The number of fused-ring (bicyclic) bond motifs is 3. The highest BCUT2D eigenvalue weighted by atomic mass is 16.6. The Balaban J connectivity index is 1.23. The SMILES string of the molecule is COc1ccccc1CNC(=O)C[C@@H]1C[C@H]2c3cc(NC(=O)CC4CC4)ccc3O[C@H]2[C@@H](CO)O1. The molecule has 1 saturated heterocycles. The highest BCUT2D eigenvalue weighted by Gasteiger charge is 2.46. The van der Waals surface area contributed by atoms with E-state index >= 15 is 0 Å². The van der Waals surface area contributed by atoms with Crippen LogP contribution in [0.2, 0.25) is 0 Å². The van der Waals surface area contributed by atoms with Gasteiger partial charge in [0, 0.05) is 35.7 Å². The van der Waals surface area contributed by atoms with Crippen LogP contribution in [0.25, 0.3) is 0 Å². The van der Waals surface area contributed by atoms with E-state index in [-0.39, 0.29) is 43.0 Å². The van der Waals surface area contributed by atoms with Crippen molar-refractivity contribution < 1.29 is 28.9 Å². The summed E-state index contributed by atoms with van der Waals surface area (Å²) in [5, 5.41) is 15.9. The highest BCUT2D eigenvalue weighted by Crippen LogP contribution is 2.47. The van der Waals surface area contributed by atoms with Crippen molar-refractivity contribution in [3.05, 3.63) is 53.6 Å². The summed E-state index contributed by atoms with van der Waals surface area (Å²) in [7, 11) is 1.60. The fraction of sp³-hybridized carbons (Fsp3) is 0.481. The molecule has 0 bridgehead atoms. The largest absolute Gasteiger partial charge is 0.496 e. The monoisotopic (exact) mass is 480 g/mol. The third kappa shape index (κ3) is 5.44. The molecule has 2 aromatic rings. The number of carbonyl (C=O) groups is 2. The van der Waals surface area contributed by atoms with Gasteiger partial charge in [0.1, 0.15) is 23.7 Å². The molecule has 1 saturated carbocycles. The summed E-state index contributed by atoms with van der Waals surface area (Å²) in [5.41, 5.74) is 2.63. The highest BCUT2D eigenvalue weighted by molar-refractivity contribution is 5.91. The third-order valence-electron chi connectivity index (χ3n) is 7.04. The second kappa shape index (κ2) is 10.3. The smallest absolute Gasteiger partial charge is 0.224 e. The predicted octanol–water partition coefficient (Wildman–Crippen LogP) is 3.13. The maximum atomic E-state index is 12.7. The Hall–Kier alpha value is -3.10. The molecule has 0 radical (unpaired) electrons. The summed E-state index contributed by atoms with van der Waals surface area (Å²) in [6, 6.07) is 13.2. The van der Waals surface area contributed by atoms with Gasteiger partial charge in [-0.25, -0.2) is 0 Å². The fourth-order valence-electron chi connectivity index (χ4n) is 5.08. The summed E-state index contributed by atoms with van der Waals surface area (Å²) >= 11 is 0. The van der Waals surface area contributed by atoms with E-state index in [0.29, 0.717) is 25.3 Å². The molecule has 8 nitrogen and oxygen atoms in total. The number of benzene rings is 2. The van der Waals surface area contributed by atoms with Gasteiger partial charge in [-0.1, -0.05) is 18.2 Å². The molecule has 2 heterocycles. The molecular formula is C27H32N2O6. The van der Waals surface area contributed by atoms with Crippen LogP contribution in [0.1, 0.15) is 49.1 Å². The van der Waals surface area contributed by atoms with Gasteiger partial charge in [0.05, 0.1) is 26.2 Å². The zero-order chi connectivity index (χ0) is 24.4. The van der Waals surface area contributed by atoms with Gasteiger partial charge in [-0.2, -0.15) is 0 Å². The second-order valence-electron chi connectivity index (χ2n) is 9.64. The van der Waals surface area contributed by atoms with Crippen LogP contribution in [0.15, 0.2) is 42.5 Å². The van der Waals surface area contributed by atoms with E-state index in [4.69, 9.17) is 14.2 Å². The van der Waals surface area contributed by atoms with Gasteiger partial charge in [0.25, 0.3) is 0 Å². The number of nitrogens with one attached hydrogen (secondary N) is 2. The molecule has 0 aromatic heterocycles. The first kappa shape index (κ1) is 23.6. The van der Waals surface area contributed by atoms with E-state index in [1.807, 2.05) is 42.5 Å². The van der Waals surface area contributed by atoms with Gasteiger partial charge in [-0.15, -0.1) is 0 Å². The minimum absolute atomic E-state index is 0.0248. The molecule has 3 aliphatic rings. The number of carbonyl (C=O) groups excluding carboxylic acids is 2. The van der Waals surface area contributed by atoms with Crippen molar-refractivity contribution >= 4 is 17.5 Å². The summed E-state index contributed by atoms with van der Waals surface area (Å²) in [6.07, 6.45) is 2.40. The Bertz CT molecular complexity index is 1090. The topological polar surface area (TPSA) is 106 Å². The number of hydrogen-bond donors (Lipinski definition) is 3. The number of amides is 2. The van der Waals surface area contributed by atoms with Crippen molar-refractivity contribution in [3.63, 3.8) is 0 Å². The Morgan fingerprint density at radius 2 is 1.94 bits per heavy atom. The van der Waals surface area contributed by atoms with Crippen molar-refractivity contribution in [1.82, 2.24) is 5.32 Å². The van der Waals surface area contributed by atoms with Crippen molar-refractivity contribution in [3.8, 4) is 11.5 Å². The molecule has 2 amide bonds. The molecule has 0 unspecified atom stereocenters. The predicted molar refractivity (Wildman–Crippen MR) is 129 cm³/mol. The second-order valence-corrected chi connectivity index (χ2v) is 9.64. The molecule has 2 aromatic carbocycles. The van der Waals surface area contributed by atoms with Gasteiger partial charge < -0.3 is 30.0 Å². The molecule has 0 spiro atoms. The average molecular weight is 481 g/mol. The zero-order valence-electron chi connectivity index (χ0n) is 19.9. The molecule has 4 atom stereocenters. The van der Waals surface area contributed by atoms with Gasteiger partial charge in [0.15, 0.2) is 0 Å². The van der Waals surface area contributed by atoms with Crippen LogP contribution < -0.4 is 20.1 Å². The lowest BCUT2D eigenvalue weighted by molar-refractivity contribution is -0.142. The lowest BCUT2D eigenvalue weighted by atomic mass is 9.84. The molecule has 2 aliphatic heterocycles. The van der Waals surface area contributed by atoms with Gasteiger partial charge in [0.2, 0.25) is 11.8 Å². The third-order valence-corrected chi connectivity index (χ3v) is 7.04. The summed E-state index contributed by atoms with van der Waals surface area (Å²) in [4.78, 5) is 25.0. The van der Waals surface area contributed by atoms with Gasteiger partial charge in [-0.05, 0) is 49.4 Å². The molecular weight excluding hydrogens is 448 g/mol. The van der Waals surface area contributed by atoms with Crippen LogP contribution in [-0.2, 0) is 20.9 Å². The van der Waals surface area contributed by atoms with Crippen molar-refractivity contribution in [2.24, 2.45) is 5.92 Å². The quantitative estimate of drug-likeness (QED) is 0.509. The van der Waals surface area contributed by atoms with E-state index in [2.05, 4.69) is 10.6 Å². The molecule has 1 aliphatic carbocycles. The van der Waals surface area contributed by atoms with Crippen LogP contribution in [0, 0.1) is 5.92 Å². The van der Waals surface area contributed by atoms with Gasteiger partial charge in [-0.3, -0.25) is 9.59 Å². The number of ether oxygens (including phenoxy) is 3. The maximum Gasteiger partial charge on any atom is 0.224 e. The van der Waals surface area contributed by atoms with E-state index in [9.17, 15) is 14.7 Å². The van der Waals surface area contributed by atoms with Crippen LogP contribution >= 0.6 is 0 Å². The van der Waals surface area contributed by atoms with E-state index in [1.165, 1.54) is 0 Å². The van der Waals surface area contributed by atoms with E-state index in [1.54, 1.807) is 7.11 Å². The van der Waals surface area contributed by atoms with Crippen molar-refractivity contribution in [2.75, 3.05) is 19.0 Å². The van der Waals surface area contributed by atoms with Crippen molar-refractivity contribution in [1.29, 1.82) is 0 Å². The summed E-state index contributed by atoms with van der Waals surface area (Å²) in [6.45, 7) is 0.167. The van der Waals surface area contributed by atoms with Crippen LogP contribution in [0.5, 0.6) is 11.5 Å². The number of aliphatic hydroxyl groups is 1. The summed E-state index contributed by atoms with van der Waals surface area (Å²) in [5.74, 6) is 1.87. The molecule has 3 N–H and O–H groups in total. The first-order chi connectivity index (χ1) is 17.0. The lowest BCUT2D eigenvalue weighted by Crippen LogP contribution is -2.47. The molecule has 8 heteroatoms. The maximum absolute atomic E-state index is 12.7. The minimum Gasteiger partial charge on any atom is -0.496 e. The van der Waals surface area contributed by atoms with Crippen molar-refractivity contribution in [2.45, 2.75) is 62.9 Å². The molecule has 2 fully saturated rings. The zero-order valence-corrected chi connectivity index (χ0v) is 19.9. The van der Waals surface area contributed by atoms with E-state index in [0.717, 1.165) is 41.2 Å². The average Bonchev–Trinajstić information content (AvgIpc) is 3.60. The van der Waals surface area contributed by atoms with Crippen LogP contribution in [0.3, 0.4) is 0 Å². The van der Waals surface area contributed by atoms with Gasteiger partial charge >= 0.3 is 0 Å². The molecule has 5 rings (SSSR count). The van der Waals surface area contributed by atoms with Crippen LogP contribution in [-0.4, -0.2) is 48.9 Å². The Labute approximate surface area is 205 Å². The first-order valence-electron chi connectivity index (χ1n) is 12.3. The number of rotatable bonds is 9. The minimum atomic E-state index is -0.527.